The number of piperidine rings is 1. The van der Waals surface area contributed by atoms with Gasteiger partial charge in [-0.05, 0) is 145 Å². The Morgan fingerprint density at radius 1 is 0.898 bits per heavy atom. The summed E-state index contributed by atoms with van der Waals surface area (Å²) in [5.41, 5.74) is 5.53. The Morgan fingerprint density at radius 2 is 1.66 bits per heavy atom. The molecule has 1 N–H and O–H groups in total. The molecular formula is C47H57N5O6S. The number of pyridine rings is 1. The van der Waals surface area contributed by atoms with Gasteiger partial charge in [0, 0.05) is 44.0 Å². The van der Waals surface area contributed by atoms with E-state index in [1.165, 1.54) is 11.3 Å². The molecule has 0 aliphatic carbocycles. The van der Waals surface area contributed by atoms with Crippen LogP contribution in [0, 0.1) is 12.8 Å². The third-order valence-electron chi connectivity index (χ3n) is 11.0. The van der Waals surface area contributed by atoms with Crippen LogP contribution >= 0.6 is 11.3 Å². The molecule has 0 spiro atoms. The second kappa shape index (κ2) is 19.0. The minimum atomic E-state index is -0.716. The Bertz CT molecular complexity index is 2200. The minimum absolute atomic E-state index is 0.172. The normalized spacial score (nSPS) is 15.1. The van der Waals surface area contributed by atoms with Crippen molar-refractivity contribution in [3.8, 4) is 16.9 Å². The van der Waals surface area contributed by atoms with Crippen molar-refractivity contribution in [3.05, 3.63) is 101 Å². The molecule has 11 nitrogen and oxygen atoms in total. The number of anilines is 2. The highest BCUT2D eigenvalue weighted by molar-refractivity contribution is 7.22. The minimum Gasteiger partial charge on any atom is -0.493 e. The molecule has 1 saturated heterocycles. The van der Waals surface area contributed by atoms with Gasteiger partial charge in [-0.25, -0.2) is 14.8 Å². The first-order chi connectivity index (χ1) is 28.5. The Hall–Kier alpha value is -4.88. The molecule has 2 aliphatic heterocycles. The number of hydrogen-bond donors (Lipinski definition) is 1. The largest absolute Gasteiger partial charge is 0.493 e. The van der Waals surface area contributed by atoms with E-state index >= 15 is 0 Å². The number of amides is 1. The quantitative estimate of drug-likeness (QED) is 0.0810. The second-order valence-corrected chi connectivity index (χ2v) is 17.3. The van der Waals surface area contributed by atoms with E-state index in [9.17, 15) is 9.59 Å². The highest BCUT2D eigenvalue weighted by Gasteiger charge is 2.28. The number of nitrogens with zero attached hydrogens (tertiary/aromatic N) is 4. The summed E-state index contributed by atoms with van der Waals surface area (Å²) in [5, 5.41) is 3.59. The summed E-state index contributed by atoms with van der Waals surface area (Å²) in [6, 6.07) is 23.6. The highest BCUT2D eigenvalue weighted by Crippen LogP contribution is 2.36. The smallest absolute Gasteiger partial charge is 0.358 e. The molecule has 59 heavy (non-hydrogen) atoms. The summed E-state index contributed by atoms with van der Waals surface area (Å²) < 4.78 is 24.9. The maximum atomic E-state index is 14.0. The fourth-order valence-electron chi connectivity index (χ4n) is 8.00. The van der Waals surface area contributed by atoms with Gasteiger partial charge in [-0.15, -0.1) is 0 Å². The van der Waals surface area contributed by atoms with Crippen LogP contribution in [-0.2, 0) is 27.2 Å². The van der Waals surface area contributed by atoms with Gasteiger partial charge in [0.05, 0.1) is 16.8 Å². The Balaban J connectivity index is 1.06. The number of benzene rings is 3. The van der Waals surface area contributed by atoms with E-state index < -0.39 is 11.6 Å². The van der Waals surface area contributed by atoms with Gasteiger partial charge in [0.25, 0.3) is 5.91 Å². The third kappa shape index (κ3) is 10.5. The molecule has 4 heterocycles. The average molecular weight is 820 g/mol. The fraction of sp³-hybridized carbons (Fsp3) is 0.447. The Kier molecular flexibility index (Phi) is 13.6. The standard InChI is InChI=1S/C47H57N5O6S/c1-7-55-42(56-8-2)30-51-25-21-32(22-26-51)24-28-57-39-17-12-14-34(31(39)3)35-19-20-41(49-43(35)45(54)58-47(4,5)6)52-27-23-33-13-11-15-36(37(33)29-52)44(53)50-46-48-38-16-9-10-18-40(38)59-46/h9-20,32,42H,7-8,21-30H2,1-6H3,(H,48,50,53). The lowest BCUT2D eigenvalue weighted by Crippen LogP contribution is -2.41. The molecule has 0 atom stereocenters. The van der Waals surface area contributed by atoms with E-state index in [-0.39, 0.29) is 17.9 Å². The van der Waals surface area contributed by atoms with Crippen LogP contribution in [0.25, 0.3) is 21.3 Å². The predicted octanol–water partition coefficient (Wildman–Crippen LogP) is 9.32. The van der Waals surface area contributed by atoms with Gasteiger partial charge in [0.2, 0.25) is 0 Å². The Morgan fingerprint density at radius 3 is 2.41 bits per heavy atom. The van der Waals surface area contributed by atoms with Crippen molar-refractivity contribution >= 4 is 44.4 Å². The number of likely N-dealkylation sites (tertiary alicyclic amines) is 1. The number of thiazole rings is 1. The highest BCUT2D eigenvalue weighted by atomic mass is 32.1. The summed E-state index contributed by atoms with van der Waals surface area (Å²) in [4.78, 5) is 41.9. The number of para-hydroxylation sites is 1. The number of esters is 1. The maximum absolute atomic E-state index is 14.0. The fourth-order valence-corrected chi connectivity index (χ4v) is 8.86. The van der Waals surface area contributed by atoms with E-state index in [0.717, 1.165) is 83.5 Å². The zero-order chi connectivity index (χ0) is 41.5. The SMILES string of the molecule is CCOC(CN1CCC(CCOc2cccc(-c3ccc(N4CCc5cccc(C(=O)Nc6nc7ccccc7s6)c5C4)nc3C(=O)OC(C)(C)C)c2C)CC1)OCC. The van der Waals surface area contributed by atoms with Crippen LogP contribution < -0.4 is 15.0 Å². The number of fused-ring (bicyclic) bond motifs is 2. The molecule has 1 fully saturated rings. The second-order valence-electron chi connectivity index (χ2n) is 16.3. The van der Waals surface area contributed by atoms with Gasteiger partial charge in [-0.1, -0.05) is 47.7 Å². The lowest BCUT2D eigenvalue weighted by atomic mass is 9.94. The summed E-state index contributed by atoms with van der Waals surface area (Å²) in [6.45, 7) is 17.5. The van der Waals surface area contributed by atoms with Crippen LogP contribution in [0.2, 0.25) is 0 Å². The first-order valence-corrected chi connectivity index (χ1v) is 21.8. The van der Waals surface area contributed by atoms with Gasteiger partial charge in [0.1, 0.15) is 17.2 Å². The number of aromatic nitrogens is 2. The molecule has 1 amide bonds. The van der Waals surface area contributed by atoms with Crippen LogP contribution in [0.5, 0.6) is 5.75 Å². The van der Waals surface area contributed by atoms with Crippen molar-refractivity contribution in [3.63, 3.8) is 0 Å². The van der Waals surface area contributed by atoms with Gasteiger partial charge in [-0.3, -0.25) is 15.0 Å². The monoisotopic (exact) mass is 819 g/mol. The van der Waals surface area contributed by atoms with Gasteiger partial charge in [-0.2, -0.15) is 0 Å². The van der Waals surface area contributed by atoms with Crippen molar-refractivity contribution in [1.29, 1.82) is 0 Å². The molecule has 3 aromatic carbocycles. The van der Waals surface area contributed by atoms with E-state index in [0.29, 0.717) is 60.9 Å². The molecule has 12 heteroatoms. The zero-order valence-corrected chi connectivity index (χ0v) is 36.0. The molecule has 0 bridgehead atoms. The molecule has 5 aromatic rings. The number of nitrogens with one attached hydrogen (secondary N) is 1. The van der Waals surface area contributed by atoms with Gasteiger partial charge >= 0.3 is 5.97 Å². The van der Waals surface area contributed by atoms with Crippen LogP contribution in [0.3, 0.4) is 0 Å². The average Bonchev–Trinajstić information content (AvgIpc) is 3.63. The van der Waals surface area contributed by atoms with E-state index in [1.807, 2.05) is 108 Å². The van der Waals surface area contributed by atoms with Crippen molar-refractivity contribution in [2.75, 3.05) is 56.2 Å². The molecule has 0 unspecified atom stereocenters. The third-order valence-corrected chi connectivity index (χ3v) is 12.0. The van der Waals surface area contributed by atoms with Gasteiger partial charge in [0.15, 0.2) is 17.1 Å². The number of hydrogen-bond acceptors (Lipinski definition) is 11. The van der Waals surface area contributed by atoms with Crippen molar-refractivity contribution in [2.45, 2.75) is 85.7 Å². The number of rotatable bonds is 15. The summed E-state index contributed by atoms with van der Waals surface area (Å²) in [5.74, 6) is 1.33. The number of carbonyl (C=O) groups excluding carboxylic acids is 2. The summed E-state index contributed by atoms with van der Waals surface area (Å²) in [6.07, 6.45) is 3.76. The topological polar surface area (TPSA) is 115 Å². The van der Waals surface area contributed by atoms with Crippen molar-refractivity contribution in [2.24, 2.45) is 5.92 Å². The van der Waals surface area contributed by atoms with Gasteiger partial charge < -0.3 is 23.8 Å². The summed E-state index contributed by atoms with van der Waals surface area (Å²) in [7, 11) is 0. The first kappa shape index (κ1) is 42.3. The van der Waals surface area contributed by atoms with Crippen LogP contribution in [-0.4, -0.2) is 84.6 Å². The molecule has 0 radical (unpaired) electrons. The predicted molar refractivity (Wildman–Crippen MR) is 235 cm³/mol. The van der Waals surface area contributed by atoms with Crippen LogP contribution in [0.1, 0.15) is 91.4 Å². The zero-order valence-electron chi connectivity index (χ0n) is 35.2. The maximum Gasteiger partial charge on any atom is 0.358 e. The molecule has 312 valence electrons. The molecule has 7 rings (SSSR count). The van der Waals surface area contributed by atoms with Crippen molar-refractivity contribution < 1.29 is 28.5 Å². The van der Waals surface area contributed by atoms with Crippen molar-refractivity contribution in [1.82, 2.24) is 14.9 Å². The van der Waals surface area contributed by atoms with E-state index in [2.05, 4.69) is 26.2 Å². The lowest BCUT2D eigenvalue weighted by Gasteiger charge is -2.34. The van der Waals surface area contributed by atoms with Crippen LogP contribution in [0.4, 0.5) is 10.9 Å². The summed E-state index contributed by atoms with van der Waals surface area (Å²) >= 11 is 1.45. The number of ether oxygens (including phenoxy) is 4. The first-order valence-electron chi connectivity index (χ1n) is 20.9. The van der Waals surface area contributed by atoms with E-state index in [1.54, 1.807) is 0 Å². The lowest BCUT2D eigenvalue weighted by molar-refractivity contribution is -0.149. The Labute approximate surface area is 352 Å². The molecular weight excluding hydrogens is 763 g/mol. The van der Waals surface area contributed by atoms with Crippen LogP contribution in [0.15, 0.2) is 72.8 Å². The number of carbonyl (C=O) groups is 2. The molecule has 2 aromatic heterocycles. The van der Waals surface area contributed by atoms with E-state index in [4.69, 9.17) is 23.9 Å². The molecule has 0 saturated carbocycles. The molecule has 2 aliphatic rings.